The second kappa shape index (κ2) is 8.68. The zero-order chi connectivity index (χ0) is 14.1. The Kier molecular flexibility index (Phi) is 7.17. The van der Waals surface area contributed by atoms with Gasteiger partial charge in [-0.3, -0.25) is 4.79 Å². The topological polar surface area (TPSA) is 17.1 Å². The number of benzene rings is 1. The molecule has 0 aliphatic heterocycles. The largest absolute Gasteiger partial charge is 0.294 e. The number of ketones is 1. The molecule has 0 spiro atoms. The Morgan fingerprint density at radius 1 is 1.00 bits per heavy atom. The minimum atomic E-state index is 0.263. The summed E-state index contributed by atoms with van der Waals surface area (Å²) >= 11 is 0. The van der Waals surface area contributed by atoms with E-state index in [1.165, 1.54) is 17.6 Å². The van der Waals surface area contributed by atoms with Crippen molar-refractivity contribution in [3.8, 4) is 0 Å². The molecule has 0 fully saturated rings. The van der Waals surface area contributed by atoms with Crippen LogP contribution in [0.25, 0.3) is 0 Å². The van der Waals surface area contributed by atoms with Crippen LogP contribution in [-0.2, 0) is 0 Å². The Labute approximate surface area is 117 Å². The monoisotopic (exact) mass is 258 g/mol. The van der Waals surface area contributed by atoms with Gasteiger partial charge in [-0.2, -0.15) is 0 Å². The summed E-state index contributed by atoms with van der Waals surface area (Å²) in [5.41, 5.74) is 3.49. The molecule has 104 valence electrons. The van der Waals surface area contributed by atoms with Crippen LogP contribution in [0.5, 0.6) is 0 Å². The summed E-state index contributed by atoms with van der Waals surface area (Å²) in [6, 6.07) is 7.89. The van der Waals surface area contributed by atoms with E-state index in [-0.39, 0.29) is 5.78 Å². The van der Waals surface area contributed by atoms with Crippen molar-refractivity contribution in [2.24, 2.45) is 0 Å². The Bertz CT molecular complexity index is 412. The van der Waals surface area contributed by atoms with E-state index in [0.717, 1.165) is 31.2 Å². The van der Waals surface area contributed by atoms with Crippen LogP contribution >= 0.6 is 0 Å². The van der Waals surface area contributed by atoms with Crippen molar-refractivity contribution < 1.29 is 4.79 Å². The van der Waals surface area contributed by atoms with Crippen LogP contribution in [0.4, 0.5) is 0 Å². The van der Waals surface area contributed by atoms with Crippen molar-refractivity contribution in [3.63, 3.8) is 0 Å². The molecular formula is C18H26O. The zero-order valence-electron chi connectivity index (χ0n) is 12.5. The summed E-state index contributed by atoms with van der Waals surface area (Å²) in [4.78, 5) is 12.1. The fraction of sp³-hybridized carbons (Fsp3) is 0.500. The van der Waals surface area contributed by atoms with Gasteiger partial charge >= 0.3 is 0 Å². The number of Topliss-reactive ketones (excluding diaryl/α,β-unsaturated/α-hetero) is 1. The van der Waals surface area contributed by atoms with Gasteiger partial charge in [-0.1, -0.05) is 68.2 Å². The molecule has 1 rings (SSSR count). The van der Waals surface area contributed by atoms with E-state index in [1.807, 2.05) is 31.2 Å². The van der Waals surface area contributed by atoms with Gasteiger partial charge in [-0.15, -0.1) is 0 Å². The molecule has 0 amide bonds. The van der Waals surface area contributed by atoms with Crippen molar-refractivity contribution >= 4 is 5.78 Å². The lowest BCUT2D eigenvalue weighted by Gasteiger charge is -2.06. The van der Waals surface area contributed by atoms with Crippen molar-refractivity contribution in [1.82, 2.24) is 0 Å². The highest BCUT2D eigenvalue weighted by Gasteiger charge is 2.06. The van der Waals surface area contributed by atoms with Crippen molar-refractivity contribution in [3.05, 3.63) is 47.0 Å². The van der Waals surface area contributed by atoms with Crippen molar-refractivity contribution in [2.75, 3.05) is 0 Å². The third-order valence-corrected chi connectivity index (χ3v) is 3.34. The fourth-order valence-electron chi connectivity index (χ4n) is 2.16. The first-order valence-corrected chi connectivity index (χ1v) is 7.45. The molecule has 0 heterocycles. The minimum Gasteiger partial charge on any atom is -0.294 e. The van der Waals surface area contributed by atoms with Crippen LogP contribution in [0.15, 0.2) is 35.9 Å². The first-order chi connectivity index (χ1) is 9.17. The molecule has 1 aromatic carbocycles. The van der Waals surface area contributed by atoms with E-state index in [0.29, 0.717) is 6.42 Å². The van der Waals surface area contributed by atoms with Crippen LogP contribution in [0, 0.1) is 6.92 Å². The van der Waals surface area contributed by atoms with E-state index in [4.69, 9.17) is 0 Å². The number of carbonyl (C=O) groups is 1. The first-order valence-electron chi connectivity index (χ1n) is 7.45. The number of hydrogen-bond acceptors (Lipinski definition) is 1. The standard InChI is InChI=1S/C18H26O/c1-4-6-8-16(7-5-2)11-14-18(19)17-12-9-15(3)10-13-17/h8-10,12-13H,4-7,11,14H2,1-3H3/b16-8+. The highest BCUT2D eigenvalue weighted by Crippen LogP contribution is 2.16. The van der Waals surface area contributed by atoms with Gasteiger partial charge < -0.3 is 0 Å². The van der Waals surface area contributed by atoms with Gasteiger partial charge in [0, 0.05) is 12.0 Å². The maximum atomic E-state index is 12.1. The highest BCUT2D eigenvalue weighted by molar-refractivity contribution is 5.96. The average molecular weight is 258 g/mol. The van der Waals surface area contributed by atoms with Gasteiger partial charge in [0.25, 0.3) is 0 Å². The van der Waals surface area contributed by atoms with E-state index in [2.05, 4.69) is 19.9 Å². The van der Waals surface area contributed by atoms with Gasteiger partial charge in [0.2, 0.25) is 0 Å². The van der Waals surface area contributed by atoms with Crippen LogP contribution in [0.1, 0.15) is 68.3 Å². The predicted molar refractivity (Wildman–Crippen MR) is 82.6 cm³/mol. The molecule has 0 saturated heterocycles. The van der Waals surface area contributed by atoms with Gasteiger partial charge in [0.1, 0.15) is 0 Å². The molecule has 0 aliphatic carbocycles. The Morgan fingerprint density at radius 2 is 1.68 bits per heavy atom. The SMILES string of the molecule is CCC/C=C(\CCC)CCC(=O)c1ccc(C)cc1. The van der Waals surface area contributed by atoms with E-state index in [9.17, 15) is 4.79 Å². The number of aryl methyl sites for hydroxylation is 1. The smallest absolute Gasteiger partial charge is 0.163 e. The van der Waals surface area contributed by atoms with Gasteiger partial charge in [0.05, 0.1) is 0 Å². The molecule has 0 bridgehead atoms. The molecule has 0 unspecified atom stereocenters. The summed E-state index contributed by atoms with van der Waals surface area (Å²) in [5, 5.41) is 0. The molecule has 1 aromatic rings. The third-order valence-electron chi connectivity index (χ3n) is 3.34. The van der Waals surface area contributed by atoms with E-state index < -0.39 is 0 Å². The molecule has 19 heavy (non-hydrogen) atoms. The van der Waals surface area contributed by atoms with E-state index >= 15 is 0 Å². The summed E-state index contributed by atoms with van der Waals surface area (Å²) in [5.74, 6) is 0.263. The molecule has 0 atom stereocenters. The molecule has 1 nitrogen and oxygen atoms in total. The average Bonchev–Trinajstić information content (AvgIpc) is 2.42. The van der Waals surface area contributed by atoms with Crippen LogP contribution in [0.2, 0.25) is 0 Å². The van der Waals surface area contributed by atoms with Crippen molar-refractivity contribution in [1.29, 1.82) is 0 Å². The molecule has 0 aromatic heterocycles. The molecule has 0 radical (unpaired) electrons. The van der Waals surface area contributed by atoms with Gasteiger partial charge in [-0.05, 0) is 26.2 Å². The Hall–Kier alpha value is -1.37. The lowest BCUT2D eigenvalue weighted by molar-refractivity contribution is 0.0982. The maximum absolute atomic E-state index is 12.1. The van der Waals surface area contributed by atoms with Crippen LogP contribution < -0.4 is 0 Å². The summed E-state index contributed by atoms with van der Waals surface area (Å²) in [7, 11) is 0. The molecule has 0 aliphatic rings. The molecular weight excluding hydrogens is 232 g/mol. The zero-order valence-corrected chi connectivity index (χ0v) is 12.5. The Morgan fingerprint density at radius 3 is 2.26 bits per heavy atom. The second-order valence-electron chi connectivity index (χ2n) is 5.19. The van der Waals surface area contributed by atoms with Gasteiger partial charge in [0.15, 0.2) is 5.78 Å². The molecule has 0 N–H and O–H groups in total. The summed E-state index contributed by atoms with van der Waals surface area (Å²) < 4.78 is 0. The Balaban J connectivity index is 2.54. The van der Waals surface area contributed by atoms with Gasteiger partial charge in [-0.25, -0.2) is 0 Å². The third kappa shape index (κ3) is 5.87. The normalized spacial score (nSPS) is 11.6. The lowest BCUT2D eigenvalue weighted by atomic mass is 9.98. The maximum Gasteiger partial charge on any atom is 0.163 e. The number of rotatable bonds is 8. The molecule has 1 heteroatoms. The number of hydrogen-bond donors (Lipinski definition) is 0. The minimum absolute atomic E-state index is 0.263. The fourth-order valence-corrected chi connectivity index (χ4v) is 2.16. The van der Waals surface area contributed by atoms with Crippen LogP contribution in [0.3, 0.4) is 0 Å². The summed E-state index contributed by atoms with van der Waals surface area (Å²) in [6.45, 7) is 6.43. The quantitative estimate of drug-likeness (QED) is 0.445. The molecule has 0 saturated carbocycles. The summed E-state index contributed by atoms with van der Waals surface area (Å²) in [6.07, 6.45) is 8.48. The van der Waals surface area contributed by atoms with Crippen LogP contribution in [-0.4, -0.2) is 5.78 Å². The first kappa shape index (κ1) is 15.7. The predicted octanol–water partition coefficient (Wildman–Crippen LogP) is 5.48. The van der Waals surface area contributed by atoms with E-state index in [1.54, 1.807) is 0 Å². The number of carbonyl (C=O) groups excluding carboxylic acids is 1. The number of unbranched alkanes of at least 4 members (excludes halogenated alkanes) is 1. The second-order valence-corrected chi connectivity index (χ2v) is 5.19. The highest BCUT2D eigenvalue weighted by atomic mass is 16.1. The lowest BCUT2D eigenvalue weighted by Crippen LogP contribution is -2.00. The van der Waals surface area contributed by atoms with Crippen molar-refractivity contribution in [2.45, 2.75) is 59.3 Å². The number of allylic oxidation sites excluding steroid dienone is 2.